The third kappa shape index (κ3) is 4.97. The minimum atomic E-state index is 0. The van der Waals surface area contributed by atoms with Crippen molar-refractivity contribution in [2.75, 3.05) is 20.1 Å². The number of likely N-dealkylation sites (tertiary alicyclic amines) is 1. The van der Waals surface area contributed by atoms with Gasteiger partial charge in [0, 0.05) is 50.1 Å². The van der Waals surface area contributed by atoms with Crippen molar-refractivity contribution < 1.29 is 0 Å². The van der Waals surface area contributed by atoms with E-state index in [1.54, 1.807) is 11.3 Å². The zero-order chi connectivity index (χ0) is 18.0. The molecular formula is C18H29IN6S. The van der Waals surface area contributed by atoms with E-state index in [4.69, 9.17) is 4.98 Å². The fraction of sp³-hybridized carbons (Fsp3) is 0.611. The Bertz CT molecular complexity index is 745. The van der Waals surface area contributed by atoms with Gasteiger partial charge < -0.3 is 10.2 Å². The lowest BCUT2D eigenvalue weighted by atomic mass is 9.93. The highest BCUT2D eigenvalue weighted by molar-refractivity contribution is 14.0. The molecule has 3 rings (SSSR count). The van der Waals surface area contributed by atoms with E-state index in [1.165, 1.54) is 5.56 Å². The molecule has 6 nitrogen and oxygen atoms in total. The highest BCUT2D eigenvalue weighted by atomic mass is 127. The first-order valence-corrected chi connectivity index (χ1v) is 9.64. The molecule has 0 aliphatic carbocycles. The third-order valence-corrected chi connectivity index (χ3v) is 5.46. The Morgan fingerprint density at radius 3 is 2.77 bits per heavy atom. The molecule has 2 aromatic heterocycles. The summed E-state index contributed by atoms with van der Waals surface area (Å²) in [5, 5.41) is 11.0. The summed E-state index contributed by atoms with van der Waals surface area (Å²) in [6, 6.07) is 0. The predicted octanol–water partition coefficient (Wildman–Crippen LogP) is 3.36. The molecule has 1 aliphatic heterocycles. The second kappa shape index (κ2) is 8.69. The molecule has 1 fully saturated rings. The van der Waals surface area contributed by atoms with Gasteiger partial charge in [0.2, 0.25) is 0 Å². The van der Waals surface area contributed by atoms with Crippen LogP contribution in [0.5, 0.6) is 0 Å². The van der Waals surface area contributed by atoms with E-state index in [0.717, 1.165) is 42.7 Å². The van der Waals surface area contributed by atoms with E-state index < -0.39 is 0 Å². The monoisotopic (exact) mass is 488 g/mol. The summed E-state index contributed by atoms with van der Waals surface area (Å²) < 4.78 is 1.88. The summed E-state index contributed by atoms with van der Waals surface area (Å²) in [4.78, 5) is 11.5. The zero-order valence-corrected chi connectivity index (χ0v) is 19.3. The second-order valence-corrected chi connectivity index (χ2v) is 8.60. The van der Waals surface area contributed by atoms with Crippen molar-refractivity contribution >= 4 is 41.3 Å². The van der Waals surface area contributed by atoms with Crippen LogP contribution in [0.2, 0.25) is 0 Å². The van der Waals surface area contributed by atoms with Gasteiger partial charge in [0.15, 0.2) is 5.96 Å². The van der Waals surface area contributed by atoms with E-state index in [0.29, 0.717) is 5.92 Å². The average Bonchev–Trinajstić information content (AvgIpc) is 3.26. The minimum Gasteiger partial charge on any atom is -0.350 e. The van der Waals surface area contributed by atoms with Gasteiger partial charge in [-0.05, 0) is 12.0 Å². The number of aromatic nitrogens is 3. The van der Waals surface area contributed by atoms with Crippen LogP contribution in [0.1, 0.15) is 49.4 Å². The molecule has 1 N–H and O–H groups in total. The van der Waals surface area contributed by atoms with Gasteiger partial charge in [-0.1, -0.05) is 20.8 Å². The number of hydrogen-bond acceptors (Lipinski definition) is 4. The van der Waals surface area contributed by atoms with Crippen molar-refractivity contribution in [3.05, 3.63) is 34.0 Å². The average molecular weight is 488 g/mol. The Morgan fingerprint density at radius 2 is 2.19 bits per heavy atom. The topological polar surface area (TPSA) is 58.3 Å². The number of halogens is 1. The van der Waals surface area contributed by atoms with Crippen molar-refractivity contribution in [1.82, 2.24) is 25.0 Å². The first kappa shape index (κ1) is 21.1. The fourth-order valence-corrected chi connectivity index (χ4v) is 4.06. The number of guanidine groups is 1. The number of thiazole rings is 1. The van der Waals surface area contributed by atoms with Gasteiger partial charge in [0.1, 0.15) is 5.01 Å². The first-order chi connectivity index (χ1) is 11.9. The molecular weight excluding hydrogens is 459 g/mol. The number of nitrogens with one attached hydrogen (secondary N) is 1. The van der Waals surface area contributed by atoms with Crippen LogP contribution in [0.3, 0.4) is 0 Å². The maximum absolute atomic E-state index is 4.75. The highest BCUT2D eigenvalue weighted by Crippen LogP contribution is 2.27. The van der Waals surface area contributed by atoms with Crippen LogP contribution in [-0.2, 0) is 19.0 Å². The fourth-order valence-electron chi connectivity index (χ4n) is 3.10. The van der Waals surface area contributed by atoms with Crippen molar-refractivity contribution in [2.45, 2.75) is 45.1 Å². The molecule has 1 atom stereocenters. The maximum atomic E-state index is 4.75. The first-order valence-electron chi connectivity index (χ1n) is 8.76. The lowest BCUT2D eigenvalue weighted by Crippen LogP contribution is -2.39. The van der Waals surface area contributed by atoms with Gasteiger partial charge in [0.05, 0.1) is 18.4 Å². The van der Waals surface area contributed by atoms with Crippen LogP contribution in [0.15, 0.2) is 22.8 Å². The Balaban J connectivity index is 0.00000243. The molecule has 144 valence electrons. The zero-order valence-electron chi connectivity index (χ0n) is 16.2. The number of nitrogens with zero attached hydrogens (tertiary/aromatic N) is 5. The quantitative estimate of drug-likeness (QED) is 0.409. The van der Waals surface area contributed by atoms with Gasteiger partial charge in [-0.3, -0.25) is 9.67 Å². The van der Waals surface area contributed by atoms with Gasteiger partial charge in [0.25, 0.3) is 0 Å². The van der Waals surface area contributed by atoms with E-state index in [9.17, 15) is 0 Å². The van der Waals surface area contributed by atoms with Crippen molar-refractivity contribution in [3.63, 3.8) is 0 Å². The summed E-state index contributed by atoms with van der Waals surface area (Å²) in [6.45, 7) is 9.31. The molecule has 0 saturated carbocycles. The normalized spacial score (nSPS) is 18.1. The second-order valence-electron chi connectivity index (χ2n) is 7.66. The Labute approximate surface area is 177 Å². The lowest BCUT2D eigenvalue weighted by molar-refractivity contribution is 0.485. The van der Waals surface area contributed by atoms with Crippen LogP contribution in [-0.4, -0.2) is 45.8 Å². The maximum Gasteiger partial charge on any atom is 0.194 e. The number of rotatable bonds is 3. The molecule has 2 aromatic rings. The summed E-state index contributed by atoms with van der Waals surface area (Å²) in [5.41, 5.74) is 2.57. The van der Waals surface area contributed by atoms with Gasteiger partial charge in [-0.25, -0.2) is 4.98 Å². The molecule has 0 spiro atoms. The lowest BCUT2D eigenvalue weighted by Gasteiger charge is -2.21. The number of aliphatic imine (C=N–C) groups is 1. The molecule has 3 heterocycles. The van der Waals surface area contributed by atoms with Crippen molar-refractivity contribution in [3.8, 4) is 0 Å². The van der Waals surface area contributed by atoms with Crippen LogP contribution in [0.4, 0.5) is 0 Å². The van der Waals surface area contributed by atoms with Crippen LogP contribution in [0, 0.1) is 0 Å². The summed E-state index contributed by atoms with van der Waals surface area (Å²) in [5.74, 6) is 1.48. The van der Waals surface area contributed by atoms with Crippen LogP contribution >= 0.6 is 35.3 Å². The van der Waals surface area contributed by atoms with Crippen molar-refractivity contribution in [1.29, 1.82) is 0 Å². The van der Waals surface area contributed by atoms with E-state index in [1.807, 2.05) is 25.0 Å². The van der Waals surface area contributed by atoms with Crippen molar-refractivity contribution in [2.24, 2.45) is 12.0 Å². The molecule has 0 amide bonds. The summed E-state index contributed by atoms with van der Waals surface area (Å²) in [6.07, 6.45) is 5.24. The number of hydrogen-bond donors (Lipinski definition) is 1. The molecule has 26 heavy (non-hydrogen) atoms. The third-order valence-electron chi connectivity index (χ3n) is 4.61. The van der Waals surface area contributed by atoms with Gasteiger partial charge >= 0.3 is 0 Å². The molecule has 1 unspecified atom stereocenters. The standard InChI is InChI=1S/C18H28N6S.HI/c1-18(2,3)15-12-25-16(22-15)9-20-17(19-4)24-7-6-13(11-24)14-8-21-23(5)10-14;/h8,10,12-13H,6-7,9,11H2,1-5H3,(H,19,20);1H. The predicted molar refractivity (Wildman–Crippen MR) is 119 cm³/mol. The van der Waals surface area contributed by atoms with E-state index >= 15 is 0 Å². The Hall–Kier alpha value is -1.16. The summed E-state index contributed by atoms with van der Waals surface area (Å²) >= 11 is 1.71. The largest absolute Gasteiger partial charge is 0.350 e. The Kier molecular flexibility index (Phi) is 7.06. The smallest absolute Gasteiger partial charge is 0.194 e. The van der Waals surface area contributed by atoms with Gasteiger partial charge in [-0.2, -0.15) is 5.10 Å². The van der Waals surface area contributed by atoms with E-state index in [-0.39, 0.29) is 29.4 Å². The van der Waals surface area contributed by atoms with E-state index in [2.05, 4.69) is 52.7 Å². The molecule has 8 heteroatoms. The molecule has 0 bridgehead atoms. The highest BCUT2D eigenvalue weighted by Gasteiger charge is 2.27. The molecule has 1 aliphatic rings. The summed E-state index contributed by atoms with van der Waals surface area (Å²) in [7, 11) is 3.82. The van der Waals surface area contributed by atoms with Gasteiger partial charge in [-0.15, -0.1) is 35.3 Å². The Morgan fingerprint density at radius 1 is 1.42 bits per heavy atom. The molecule has 0 aromatic carbocycles. The molecule has 0 radical (unpaired) electrons. The minimum absolute atomic E-state index is 0. The van der Waals surface area contributed by atoms with Crippen LogP contribution in [0.25, 0.3) is 0 Å². The number of aryl methyl sites for hydroxylation is 1. The van der Waals surface area contributed by atoms with Crippen LogP contribution < -0.4 is 5.32 Å². The molecule has 1 saturated heterocycles. The SMILES string of the molecule is CN=C(NCc1nc(C(C)(C)C)cs1)N1CCC(c2cnn(C)c2)C1.I.